The van der Waals surface area contributed by atoms with Crippen LogP contribution in [0.5, 0.6) is 0 Å². The van der Waals surface area contributed by atoms with Gasteiger partial charge in [0.1, 0.15) is 0 Å². The average Bonchev–Trinajstić information content (AvgIpc) is 2.81. The van der Waals surface area contributed by atoms with E-state index in [0.717, 1.165) is 49.2 Å². The van der Waals surface area contributed by atoms with E-state index in [2.05, 4.69) is 10.2 Å². The molecule has 0 aliphatic carbocycles. The number of allylic oxidation sites excluding steroid dienone is 2. The second-order valence-electron chi connectivity index (χ2n) is 7.35. The summed E-state index contributed by atoms with van der Waals surface area (Å²) < 4.78 is 0. The van der Waals surface area contributed by atoms with Crippen LogP contribution in [-0.4, -0.2) is 55.3 Å². The second kappa shape index (κ2) is 10.3. The van der Waals surface area contributed by atoms with E-state index in [0.29, 0.717) is 17.7 Å². The van der Waals surface area contributed by atoms with Crippen LogP contribution in [0.25, 0.3) is 5.57 Å². The van der Waals surface area contributed by atoms with E-state index in [-0.39, 0.29) is 11.8 Å². The van der Waals surface area contributed by atoms with Gasteiger partial charge < -0.3 is 25.9 Å². The SMILES string of the molecule is CC(=O)N1CCN(c2ccc(C(=O)NCc3ccc(C(C=N)=CC=N)cc3)cc2)CC1. The smallest absolute Gasteiger partial charge is 0.251 e. The average molecular weight is 418 g/mol. The van der Waals surface area contributed by atoms with Crippen LogP contribution in [0.1, 0.15) is 28.4 Å². The van der Waals surface area contributed by atoms with E-state index in [9.17, 15) is 9.59 Å². The molecule has 0 saturated carbocycles. The minimum Gasteiger partial charge on any atom is -0.368 e. The van der Waals surface area contributed by atoms with Gasteiger partial charge in [-0.1, -0.05) is 24.3 Å². The molecule has 1 aliphatic heterocycles. The Labute approximate surface area is 182 Å². The predicted molar refractivity (Wildman–Crippen MR) is 124 cm³/mol. The molecule has 3 N–H and O–H groups in total. The fraction of sp³-hybridized carbons (Fsp3) is 0.250. The van der Waals surface area contributed by atoms with Gasteiger partial charge in [0.2, 0.25) is 5.91 Å². The summed E-state index contributed by atoms with van der Waals surface area (Å²) in [6.07, 6.45) is 3.94. The van der Waals surface area contributed by atoms with Gasteiger partial charge in [0.15, 0.2) is 0 Å². The molecule has 31 heavy (non-hydrogen) atoms. The molecule has 1 saturated heterocycles. The van der Waals surface area contributed by atoms with Crippen molar-refractivity contribution in [3.63, 3.8) is 0 Å². The van der Waals surface area contributed by atoms with Gasteiger partial charge in [-0.25, -0.2) is 0 Å². The van der Waals surface area contributed by atoms with Gasteiger partial charge in [-0.15, -0.1) is 0 Å². The number of benzene rings is 2. The highest BCUT2D eigenvalue weighted by Gasteiger charge is 2.19. The molecule has 0 unspecified atom stereocenters. The number of piperazine rings is 1. The fourth-order valence-corrected chi connectivity index (χ4v) is 3.52. The summed E-state index contributed by atoms with van der Waals surface area (Å²) in [5.74, 6) is -0.0276. The lowest BCUT2D eigenvalue weighted by molar-refractivity contribution is -0.129. The second-order valence-corrected chi connectivity index (χ2v) is 7.35. The minimum absolute atomic E-state index is 0.110. The maximum atomic E-state index is 12.5. The number of carbonyl (C=O) groups excluding carboxylic acids is 2. The lowest BCUT2D eigenvalue weighted by Gasteiger charge is -2.35. The monoisotopic (exact) mass is 417 g/mol. The number of nitrogens with zero attached hydrogens (tertiary/aromatic N) is 2. The normalized spacial score (nSPS) is 14.2. The molecule has 7 nitrogen and oxygen atoms in total. The largest absolute Gasteiger partial charge is 0.368 e. The first-order chi connectivity index (χ1) is 15.0. The summed E-state index contributed by atoms with van der Waals surface area (Å²) in [6, 6.07) is 15.1. The van der Waals surface area contributed by atoms with Crippen molar-refractivity contribution in [3.8, 4) is 0 Å². The minimum atomic E-state index is -0.138. The summed E-state index contributed by atoms with van der Waals surface area (Å²) in [7, 11) is 0. The predicted octanol–water partition coefficient (Wildman–Crippen LogP) is 2.97. The molecule has 2 aromatic rings. The standard InChI is InChI=1S/C24H27N5O2/c1-18(30)28-12-14-29(15-13-28)23-8-6-21(7-9-23)24(31)27-17-19-2-4-20(5-3-19)22(16-26)10-11-25/h2-11,16,25-26H,12-15,17H2,1H3,(H,27,31). The molecule has 7 heteroatoms. The van der Waals surface area contributed by atoms with Gasteiger partial charge in [0.05, 0.1) is 0 Å². The van der Waals surface area contributed by atoms with Crippen molar-refractivity contribution < 1.29 is 9.59 Å². The lowest BCUT2D eigenvalue weighted by atomic mass is 10.0. The number of amides is 2. The summed E-state index contributed by atoms with van der Waals surface area (Å²) in [6.45, 7) is 5.01. The van der Waals surface area contributed by atoms with Crippen molar-refractivity contribution in [3.05, 3.63) is 71.3 Å². The van der Waals surface area contributed by atoms with Gasteiger partial charge in [-0.2, -0.15) is 0 Å². The highest BCUT2D eigenvalue weighted by atomic mass is 16.2. The third-order valence-corrected chi connectivity index (χ3v) is 5.38. The molecule has 2 amide bonds. The van der Waals surface area contributed by atoms with Gasteiger partial charge in [0.25, 0.3) is 5.91 Å². The summed E-state index contributed by atoms with van der Waals surface area (Å²) >= 11 is 0. The van der Waals surface area contributed by atoms with Crippen LogP contribution in [0.15, 0.2) is 54.6 Å². The zero-order valence-electron chi connectivity index (χ0n) is 17.6. The number of rotatable bonds is 7. The maximum Gasteiger partial charge on any atom is 0.251 e. The summed E-state index contributed by atoms with van der Waals surface area (Å²) in [5, 5.41) is 17.5. The Morgan fingerprint density at radius 1 is 0.935 bits per heavy atom. The lowest BCUT2D eigenvalue weighted by Crippen LogP contribution is -2.48. The molecule has 160 valence electrons. The first-order valence-corrected chi connectivity index (χ1v) is 10.2. The Hall–Kier alpha value is -3.74. The van der Waals surface area contributed by atoms with Crippen molar-refractivity contribution in [2.24, 2.45) is 0 Å². The Bertz CT molecular complexity index is 972. The van der Waals surface area contributed by atoms with E-state index < -0.39 is 0 Å². The number of hydrogen-bond donors (Lipinski definition) is 3. The third kappa shape index (κ3) is 5.66. The van der Waals surface area contributed by atoms with E-state index in [1.807, 2.05) is 53.4 Å². The maximum absolute atomic E-state index is 12.5. The van der Waals surface area contributed by atoms with Crippen LogP contribution in [0.2, 0.25) is 0 Å². The molecular formula is C24H27N5O2. The van der Waals surface area contributed by atoms with Crippen LogP contribution in [0.4, 0.5) is 5.69 Å². The first-order valence-electron chi connectivity index (χ1n) is 10.2. The van der Waals surface area contributed by atoms with Crippen LogP contribution in [-0.2, 0) is 11.3 Å². The fourth-order valence-electron chi connectivity index (χ4n) is 3.52. The highest BCUT2D eigenvalue weighted by Crippen LogP contribution is 2.18. The molecule has 0 radical (unpaired) electrons. The van der Waals surface area contributed by atoms with E-state index in [1.165, 1.54) is 6.21 Å². The zero-order chi connectivity index (χ0) is 22.2. The van der Waals surface area contributed by atoms with Gasteiger partial charge in [0, 0.05) is 68.9 Å². The van der Waals surface area contributed by atoms with Crippen molar-refractivity contribution >= 4 is 35.5 Å². The Kier molecular flexibility index (Phi) is 7.32. The molecule has 0 bridgehead atoms. The van der Waals surface area contributed by atoms with Crippen LogP contribution < -0.4 is 10.2 Å². The van der Waals surface area contributed by atoms with Crippen LogP contribution >= 0.6 is 0 Å². The van der Waals surface area contributed by atoms with Crippen molar-refractivity contribution in [1.29, 1.82) is 10.8 Å². The van der Waals surface area contributed by atoms with Crippen molar-refractivity contribution in [2.45, 2.75) is 13.5 Å². The Balaban J connectivity index is 1.54. The quantitative estimate of drug-likeness (QED) is 0.604. The highest BCUT2D eigenvalue weighted by molar-refractivity contribution is 6.12. The van der Waals surface area contributed by atoms with Crippen molar-refractivity contribution in [2.75, 3.05) is 31.1 Å². The number of carbonyl (C=O) groups is 2. The van der Waals surface area contributed by atoms with Crippen LogP contribution in [0.3, 0.4) is 0 Å². The summed E-state index contributed by atoms with van der Waals surface area (Å²) in [5.41, 5.74) is 4.12. The Morgan fingerprint density at radius 2 is 1.55 bits per heavy atom. The molecular weight excluding hydrogens is 390 g/mol. The molecule has 1 heterocycles. The molecule has 0 atom stereocenters. The molecule has 0 aromatic heterocycles. The van der Waals surface area contributed by atoms with Gasteiger partial charge in [-0.3, -0.25) is 9.59 Å². The van der Waals surface area contributed by atoms with E-state index in [1.54, 1.807) is 13.0 Å². The summed E-state index contributed by atoms with van der Waals surface area (Å²) in [4.78, 5) is 28.0. The van der Waals surface area contributed by atoms with E-state index in [4.69, 9.17) is 10.8 Å². The number of nitrogens with one attached hydrogen (secondary N) is 3. The molecule has 1 fully saturated rings. The third-order valence-electron chi connectivity index (χ3n) is 5.38. The number of anilines is 1. The molecule has 3 rings (SSSR count). The molecule has 2 aromatic carbocycles. The van der Waals surface area contributed by atoms with Crippen LogP contribution in [0, 0.1) is 10.8 Å². The van der Waals surface area contributed by atoms with Gasteiger partial charge in [-0.05, 0) is 41.5 Å². The Morgan fingerprint density at radius 3 is 2.10 bits per heavy atom. The molecule has 1 aliphatic rings. The number of hydrogen-bond acceptors (Lipinski definition) is 5. The van der Waals surface area contributed by atoms with E-state index >= 15 is 0 Å². The topological polar surface area (TPSA) is 100 Å². The first kappa shape index (κ1) is 22.0. The van der Waals surface area contributed by atoms with Crippen molar-refractivity contribution in [1.82, 2.24) is 10.2 Å². The zero-order valence-corrected chi connectivity index (χ0v) is 17.6. The molecule has 0 spiro atoms. The van der Waals surface area contributed by atoms with Gasteiger partial charge >= 0.3 is 0 Å².